The summed E-state index contributed by atoms with van der Waals surface area (Å²) in [5, 5.41) is 21.2. The lowest BCUT2D eigenvalue weighted by Gasteiger charge is -2.05. The van der Waals surface area contributed by atoms with Crippen molar-refractivity contribution in [2.24, 2.45) is 10.9 Å². The van der Waals surface area contributed by atoms with E-state index < -0.39 is 0 Å². The molecule has 0 saturated heterocycles. The van der Waals surface area contributed by atoms with Crippen LogP contribution in [0.15, 0.2) is 26.8 Å². The van der Waals surface area contributed by atoms with Gasteiger partial charge in [-0.25, -0.2) is 4.98 Å². The van der Waals surface area contributed by atoms with Gasteiger partial charge in [-0.1, -0.05) is 28.1 Å². The lowest BCUT2D eigenvalue weighted by molar-refractivity contribution is 0.318. The molecule has 0 aromatic carbocycles. The highest BCUT2D eigenvalue weighted by atomic mass is 35.5. The predicted molar refractivity (Wildman–Crippen MR) is 70.5 cm³/mol. The fraction of sp³-hybridized carbons (Fsp3) is 0.111. The minimum atomic E-state index is -0.0577. The van der Waals surface area contributed by atoms with E-state index in [2.05, 4.69) is 20.3 Å². The largest absolute Gasteiger partial charge is 0.409 e. The van der Waals surface area contributed by atoms with Crippen LogP contribution in [-0.2, 0) is 0 Å². The van der Waals surface area contributed by atoms with Gasteiger partial charge in [-0.15, -0.1) is 10.2 Å². The molecule has 0 aliphatic heterocycles. The number of aromatic nitrogens is 3. The fourth-order valence-electron chi connectivity index (χ4n) is 1.15. The zero-order valence-electron chi connectivity index (χ0n) is 9.16. The summed E-state index contributed by atoms with van der Waals surface area (Å²) in [5.74, 6) is -0.0577. The van der Waals surface area contributed by atoms with Crippen molar-refractivity contribution in [3.8, 4) is 0 Å². The monoisotopic (exact) mass is 301 g/mol. The van der Waals surface area contributed by atoms with Gasteiger partial charge in [0.1, 0.15) is 10.0 Å². The molecule has 2 aromatic heterocycles. The van der Waals surface area contributed by atoms with Gasteiger partial charge >= 0.3 is 0 Å². The normalized spacial score (nSPS) is 11.8. The lowest BCUT2D eigenvalue weighted by Crippen LogP contribution is -2.14. The number of aryl methyl sites for hydroxylation is 1. The summed E-state index contributed by atoms with van der Waals surface area (Å²) in [5.41, 5.74) is 5.94. The third kappa shape index (κ3) is 2.71. The van der Waals surface area contributed by atoms with E-state index in [0.29, 0.717) is 15.6 Å². The molecule has 0 unspecified atom stereocenters. The maximum atomic E-state index is 8.65. The maximum absolute atomic E-state index is 8.65. The second kappa shape index (κ2) is 5.51. The van der Waals surface area contributed by atoms with Gasteiger partial charge in [-0.2, -0.15) is 0 Å². The van der Waals surface area contributed by atoms with E-state index in [4.69, 9.17) is 22.5 Å². The van der Waals surface area contributed by atoms with E-state index in [1.54, 1.807) is 6.07 Å². The smallest absolute Gasteiger partial charge is 0.180 e. The van der Waals surface area contributed by atoms with Gasteiger partial charge in [0.25, 0.3) is 0 Å². The molecule has 0 fully saturated rings. The van der Waals surface area contributed by atoms with Crippen molar-refractivity contribution in [2.45, 2.75) is 16.3 Å². The van der Waals surface area contributed by atoms with Gasteiger partial charge in [0, 0.05) is 11.8 Å². The van der Waals surface area contributed by atoms with E-state index in [9.17, 15) is 0 Å². The molecule has 94 valence electrons. The highest BCUT2D eigenvalue weighted by Crippen LogP contribution is 2.34. The molecule has 0 aliphatic carbocycles. The van der Waals surface area contributed by atoms with Crippen LogP contribution in [0.2, 0.25) is 5.02 Å². The molecule has 0 amide bonds. The standard InChI is InChI=1S/C9H8ClN5OS2/c1-4-13-14-9(17-4)18-8-6(10)5(2-3-12-8)7(11)15-16/h2-3,16H,1H3,(H2,11,15). The Kier molecular flexibility index (Phi) is 4.00. The maximum Gasteiger partial charge on any atom is 0.180 e. The summed E-state index contributed by atoms with van der Waals surface area (Å²) in [4.78, 5) is 4.14. The quantitative estimate of drug-likeness (QED) is 0.390. The first-order chi connectivity index (χ1) is 8.61. The van der Waals surface area contributed by atoms with Crippen molar-refractivity contribution < 1.29 is 5.21 Å². The van der Waals surface area contributed by atoms with E-state index in [1.807, 2.05) is 6.92 Å². The number of amidine groups is 1. The zero-order valence-corrected chi connectivity index (χ0v) is 11.6. The van der Waals surface area contributed by atoms with Crippen molar-refractivity contribution in [1.82, 2.24) is 15.2 Å². The molecule has 3 N–H and O–H groups in total. The van der Waals surface area contributed by atoms with Gasteiger partial charge in [-0.3, -0.25) is 0 Å². The van der Waals surface area contributed by atoms with Crippen LogP contribution < -0.4 is 5.73 Å². The van der Waals surface area contributed by atoms with Gasteiger partial charge in [0.2, 0.25) is 0 Å². The second-order valence-electron chi connectivity index (χ2n) is 3.15. The zero-order chi connectivity index (χ0) is 13.1. The number of nitrogens with zero attached hydrogens (tertiary/aromatic N) is 4. The third-order valence-electron chi connectivity index (χ3n) is 1.93. The average Bonchev–Trinajstić information content (AvgIpc) is 2.76. The highest BCUT2D eigenvalue weighted by Gasteiger charge is 2.14. The first-order valence-electron chi connectivity index (χ1n) is 4.72. The molecule has 6 nitrogen and oxygen atoms in total. The van der Waals surface area contributed by atoms with Crippen LogP contribution in [0.25, 0.3) is 0 Å². The van der Waals surface area contributed by atoms with E-state index in [1.165, 1.54) is 29.3 Å². The van der Waals surface area contributed by atoms with Gasteiger partial charge in [0.15, 0.2) is 10.2 Å². The van der Waals surface area contributed by atoms with Gasteiger partial charge < -0.3 is 10.9 Å². The van der Waals surface area contributed by atoms with Crippen molar-refractivity contribution in [3.63, 3.8) is 0 Å². The number of rotatable bonds is 3. The summed E-state index contributed by atoms with van der Waals surface area (Å²) in [6.45, 7) is 1.86. The Morgan fingerprint density at radius 3 is 2.94 bits per heavy atom. The Bertz CT molecular complexity index is 600. The molecule has 0 spiro atoms. The SMILES string of the molecule is Cc1nnc(Sc2nccc(/C(N)=N/O)c2Cl)s1. The molecular formula is C9H8ClN5OS2. The topological polar surface area (TPSA) is 97.3 Å². The predicted octanol–water partition coefficient (Wildman–Crippen LogP) is 2.14. The Hall–Kier alpha value is -1.38. The fourth-order valence-corrected chi connectivity index (χ4v) is 3.22. The average molecular weight is 302 g/mol. The van der Waals surface area contributed by atoms with Crippen molar-refractivity contribution in [1.29, 1.82) is 0 Å². The molecule has 2 heterocycles. The minimum Gasteiger partial charge on any atom is -0.409 e. The molecular weight excluding hydrogens is 294 g/mol. The van der Waals surface area contributed by atoms with Gasteiger partial charge in [-0.05, 0) is 24.8 Å². The van der Waals surface area contributed by atoms with Crippen LogP contribution in [-0.4, -0.2) is 26.2 Å². The van der Waals surface area contributed by atoms with E-state index in [-0.39, 0.29) is 5.84 Å². The van der Waals surface area contributed by atoms with Crippen molar-refractivity contribution in [2.75, 3.05) is 0 Å². The summed E-state index contributed by atoms with van der Waals surface area (Å²) in [6, 6.07) is 1.58. The second-order valence-corrected chi connectivity index (χ2v) is 5.95. The number of nitrogens with two attached hydrogens (primary N) is 1. The third-order valence-corrected chi connectivity index (χ3v) is 4.32. The molecule has 0 aliphatic rings. The van der Waals surface area contributed by atoms with Crippen LogP contribution in [0, 0.1) is 6.92 Å². The van der Waals surface area contributed by atoms with Crippen LogP contribution in [0.5, 0.6) is 0 Å². The summed E-state index contributed by atoms with van der Waals surface area (Å²) in [7, 11) is 0. The molecule has 2 rings (SSSR count). The van der Waals surface area contributed by atoms with Crippen LogP contribution in [0.4, 0.5) is 0 Å². The lowest BCUT2D eigenvalue weighted by atomic mass is 10.2. The number of hydrogen-bond donors (Lipinski definition) is 2. The van der Waals surface area contributed by atoms with E-state index >= 15 is 0 Å². The first-order valence-corrected chi connectivity index (χ1v) is 6.73. The Balaban J connectivity index is 2.34. The van der Waals surface area contributed by atoms with Gasteiger partial charge in [0.05, 0.1) is 5.02 Å². The Labute approximate surface area is 116 Å². The van der Waals surface area contributed by atoms with Crippen molar-refractivity contribution >= 4 is 40.5 Å². The highest BCUT2D eigenvalue weighted by molar-refractivity contribution is 8.01. The summed E-state index contributed by atoms with van der Waals surface area (Å²) in [6.07, 6.45) is 1.54. The first kappa shape index (κ1) is 13.1. The molecule has 2 aromatic rings. The number of hydrogen-bond acceptors (Lipinski definition) is 7. The van der Waals surface area contributed by atoms with Crippen LogP contribution in [0.3, 0.4) is 0 Å². The summed E-state index contributed by atoms with van der Waals surface area (Å²) >= 11 is 8.87. The summed E-state index contributed by atoms with van der Waals surface area (Å²) < 4.78 is 0.735. The Morgan fingerprint density at radius 2 is 2.33 bits per heavy atom. The molecule has 18 heavy (non-hydrogen) atoms. The van der Waals surface area contributed by atoms with Crippen LogP contribution >= 0.6 is 34.7 Å². The van der Waals surface area contributed by atoms with Crippen molar-refractivity contribution in [3.05, 3.63) is 27.9 Å². The molecule has 0 saturated carbocycles. The number of halogens is 1. The molecule has 0 radical (unpaired) electrons. The number of oxime groups is 1. The Morgan fingerprint density at radius 1 is 1.56 bits per heavy atom. The molecule has 0 bridgehead atoms. The molecule has 0 atom stereocenters. The molecule has 9 heteroatoms. The van der Waals surface area contributed by atoms with E-state index in [0.717, 1.165) is 9.35 Å². The number of pyridine rings is 1. The van der Waals surface area contributed by atoms with Crippen LogP contribution in [0.1, 0.15) is 10.6 Å². The minimum absolute atomic E-state index is 0.0577.